The molecule has 0 bridgehead atoms. The summed E-state index contributed by atoms with van der Waals surface area (Å²) in [5.74, 6) is -1.51. The number of carbonyl (C=O) groups excluding carboxylic acids is 3. The molecule has 0 saturated carbocycles. The Bertz CT molecular complexity index is 1410. The Morgan fingerprint density at radius 3 is 2.49 bits per heavy atom. The van der Waals surface area contributed by atoms with Crippen molar-refractivity contribution in [3.05, 3.63) is 75.8 Å². The van der Waals surface area contributed by atoms with E-state index in [0.29, 0.717) is 34.9 Å². The van der Waals surface area contributed by atoms with E-state index in [9.17, 15) is 19.5 Å². The summed E-state index contributed by atoms with van der Waals surface area (Å²) in [4.78, 5) is 45.0. The van der Waals surface area contributed by atoms with Crippen molar-refractivity contribution in [1.82, 2.24) is 4.98 Å². The molecule has 0 radical (unpaired) electrons. The maximum Gasteiger partial charge on any atom is 0.350 e. The van der Waals surface area contributed by atoms with E-state index < -0.39 is 23.7 Å². The number of aliphatic hydroxyl groups is 1. The highest BCUT2D eigenvalue weighted by Gasteiger charge is 2.48. The van der Waals surface area contributed by atoms with E-state index in [2.05, 4.69) is 11.9 Å². The van der Waals surface area contributed by atoms with Gasteiger partial charge in [-0.05, 0) is 55.3 Å². The fraction of sp³-hybridized carbons (Fsp3) is 0.310. The number of methoxy groups -OCH3 is 2. The van der Waals surface area contributed by atoms with Gasteiger partial charge in [0.15, 0.2) is 5.13 Å². The van der Waals surface area contributed by atoms with Gasteiger partial charge >= 0.3 is 11.9 Å². The summed E-state index contributed by atoms with van der Waals surface area (Å²) in [5.41, 5.74) is 1.16. The van der Waals surface area contributed by atoms with Crippen molar-refractivity contribution in [2.24, 2.45) is 0 Å². The Morgan fingerprint density at radius 1 is 1.08 bits per heavy atom. The summed E-state index contributed by atoms with van der Waals surface area (Å²) in [6, 6.07) is 12.6. The molecule has 0 spiro atoms. The number of hydrogen-bond donors (Lipinski definition) is 1. The Kier molecular flexibility index (Phi) is 8.65. The number of aliphatic hydroxyl groups excluding tert-OH is 1. The van der Waals surface area contributed by atoms with Gasteiger partial charge in [-0.2, -0.15) is 0 Å². The summed E-state index contributed by atoms with van der Waals surface area (Å²) in [6.07, 6.45) is 2.99. The van der Waals surface area contributed by atoms with Gasteiger partial charge < -0.3 is 19.3 Å². The lowest BCUT2D eigenvalue weighted by molar-refractivity contribution is -0.132. The van der Waals surface area contributed by atoms with E-state index in [4.69, 9.17) is 14.2 Å². The van der Waals surface area contributed by atoms with Crippen LogP contribution in [-0.2, 0) is 14.3 Å². The summed E-state index contributed by atoms with van der Waals surface area (Å²) in [6.45, 7) is 4.26. The number of hydrogen-bond acceptors (Lipinski definition) is 9. The number of nitrogens with zero attached hydrogens (tertiary/aromatic N) is 2. The van der Waals surface area contributed by atoms with Crippen LogP contribution in [0.4, 0.5) is 5.13 Å². The van der Waals surface area contributed by atoms with Crippen molar-refractivity contribution in [1.29, 1.82) is 0 Å². The molecule has 1 fully saturated rings. The number of ether oxygens (including phenoxy) is 3. The van der Waals surface area contributed by atoms with Crippen molar-refractivity contribution < 1.29 is 33.7 Å². The average Bonchev–Trinajstić information content (AvgIpc) is 3.46. The molecule has 204 valence electrons. The maximum atomic E-state index is 13.5. The van der Waals surface area contributed by atoms with E-state index in [1.807, 2.05) is 0 Å². The quantitative estimate of drug-likeness (QED) is 0.117. The van der Waals surface area contributed by atoms with Gasteiger partial charge in [-0.15, -0.1) is 0 Å². The number of carbonyl (C=O) groups is 3. The number of aryl methyl sites for hydroxylation is 1. The Balaban J connectivity index is 1.85. The number of aromatic nitrogens is 1. The first-order valence-corrected chi connectivity index (χ1v) is 13.4. The first-order chi connectivity index (χ1) is 18.8. The number of benzene rings is 2. The molecule has 1 N–H and O–H groups in total. The van der Waals surface area contributed by atoms with Crippen LogP contribution in [0.25, 0.3) is 5.76 Å². The lowest BCUT2D eigenvalue weighted by atomic mass is 9.95. The van der Waals surface area contributed by atoms with Crippen LogP contribution >= 0.6 is 11.3 Å². The number of ketones is 1. The highest BCUT2D eigenvalue weighted by Crippen LogP contribution is 2.44. The Hall–Kier alpha value is -4.18. The van der Waals surface area contributed by atoms with E-state index in [1.54, 1.807) is 55.5 Å². The van der Waals surface area contributed by atoms with Crippen molar-refractivity contribution >= 4 is 39.9 Å². The van der Waals surface area contributed by atoms with Gasteiger partial charge in [-0.25, -0.2) is 9.78 Å². The second kappa shape index (κ2) is 12.1. The molecule has 3 aromatic rings. The van der Waals surface area contributed by atoms with Gasteiger partial charge in [0.2, 0.25) is 0 Å². The highest BCUT2D eigenvalue weighted by atomic mass is 32.1. The zero-order valence-corrected chi connectivity index (χ0v) is 23.0. The molecule has 4 rings (SSSR count). The normalized spacial score (nSPS) is 16.4. The molecule has 1 aromatic heterocycles. The predicted molar refractivity (Wildman–Crippen MR) is 147 cm³/mol. The first-order valence-electron chi connectivity index (χ1n) is 12.5. The highest BCUT2D eigenvalue weighted by molar-refractivity contribution is 7.17. The lowest BCUT2D eigenvalue weighted by Crippen LogP contribution is -2.29. The van der Waals surface area contributed by atoms with Crippen LogP contribution in [-0.4, -0.2) is 48.6 Å². The van der Waals surface area contributed by atoms with Crippen molar-refractivity contribution in [3.63, 3.8) is 0 Å². The standard InChI is InChI=1S/C29H30N2O7S/c1-5-6-7-15-38-21-10-8-9-19(16-21)23-22(24(32)18-11-13-20(36-3)14-12-18)25(33)27(34)31(23)29-30-17(2)26(39-29)28(35)37-4/h8-14,16,23,32H,5-7,15H2,1-4H3. The number of amides is 1. The molecular formula is C29H30N2O7S. The van der Waals surface area contributed by atoms with Crippen LogP contribution in [0.2, 0.25) is 0 Å². The number of esters is 1. The van der Waals surface area contributed by atoms with Crippen molar-refractivity contribution in [2.45, 2.75) is 39.2 Å². The van der Waals surface area contributed by atoms with Gasteiger partial charge in [0, 0.05) is 5.56 Å². The fourth-order valence-electron chi connectivity index (χ4n) is 4.33. The molecule has 1 aliphatic heterocycles. The zero-order valence-electron chi connectivity index (χ0n) is 22.2. The molecule has 1 atom stereocenters. The number of thiazole rings is 1. The van der Waals surface area contributed by atoms with Gasteiger partial charge in [-0.1, -0.05) is 43.2 Å². The van der Waals surface area contributed by atoms with E-state index in [-0.39, 0.29) is 21.3 Å². The summed E-state index contributed by atoms with van der Waals surface area (Å²) >= 11 is 0.947. The van der Waals surface area contributed by atoms with Crippen LogP contribution in [0.5, 0.6) is 11.5 Å². The van der Waals surface area contributed by atoms with Gasteiger partial charge in [0.05, 0.1) is 38.1 Å². The van der Waals surface area contributed by atoms with Gasteiger partial charge in [0.1, 0.15) is 22.1 Å². The molecule has 2 heterocycles. The molecule has 0 aliphatic carbocycles. The van der Waals surface area contributed by atoms with Crippen LogP contribution < -0.4 is 14.4 Å². The monoisotopic (exact) mass is 550 g/mol. The third-order valence-electron chi connectivity index (χ3n) is 6.36. The SMILES string of the molecule is CCCCCOc1cccc(C2C(=C(O)c3ccc(OC)cc3)C(=O)C(=O)N2c2nc(C)c(C(=O)OC)s2)c1. The third kappa shape index (κ3) is 5.65. The van der Waals surface area contributed by atoms with Crippen LogP contribution in [0.15, 0.2) is 54.1 Å². The van der Waals surface area contributed by atoms with E-state index in [0.717, 1.165) is 30.6 Å². The molecule has 10 heteroatoms. The number of unbranched alkanes of at least 4 members (excludes halogenated alkanes) is 2. The average molecular weight is 551 g/mol. The van der Waals surface area contributed by atoms with Crippen molar-refractivity contribution in [3.8, 4) is 11.5 Å². The summed E-state index contributed by atoms with van der Waals surface area (Å²) < 4.78 is 16.0. The summed E-state index contributed by atoms with van der Waals surface area (Å²) in [5, 5.41) is 11.5. The fourth-order valence-corrected chi connectivity index (χ4v) is 5.35. The Labute approximate surface area is 230 Å². The molecule has 1 unspecified atom stereocenters. The predicted octanol–water partition coefficient (Wildman–Crippen LogP) is 5.44. The molecule has 9 nitrogen and oxygen atoms in total. The minimum Gasteiger partial charge on any atom is -0.507 e. The molecule has 1 amide bonds. The van der Waals surface area contributed by atoms with Crippen LogP contribution in [0.1, 0.15) is 58.7 Å². The molecule has 1 saturated heterocycles. The lowest BCUT2D eigenvalue weighted by Gasteiger charge is -2.23. The second-order valence-corrected chi connectivity index (χ2v) is 9.91. The minimum absolute atomic E-state index is 0.0965. The molecule has 1 aliphatic rings. The maximum absolute atomic E-state index is 13.5. The largest absolute Gasteiger partial charge is 0.507 e. The van der Waals surface area contributed by atoms with Crippen LogP contribution in [0.3, 0.4) is 0 Å². The number of Topliss-reactive ketones (excluding diaryl/α,β-unsaturated/α-hetero) is 1. The third-order valence-corrected chi connectivity index (χ3v) is 7.50. The van der Waals surface area contributed by atoms with Gasteiger partial charge in [-0.3, -0.25) is 14.5 Å². The van der Waals surface area contributed by atoms with Gasteiger partial charge in [0.25, 0.3) is 5.78 Å². The Morgan fingerprint density at radius 2 is 1.82 bits per heavy atom. The van der Waals surface area contributed by atoms with Crippen LogP contribution in [0, 0.1) is 6.92 Å². The first kappa shape index (κ1) is 27.8. The molecule has 2 aromatic carbocycles. The van der Waals surface area contributed by atoms with Crippen molar-refractivity contribution in [2.75, 3.05) is 25.7 Å². The minimum atomic E-state index is -1.01. The number of anilines is 1. The molecule has 39 heavy (non-hydrogen) atoms. The number of rotatable bonds is 10. The van der Waals surface area contributed by atoms with E-state index in [1.165, 1.54) is 19.1 Å². The topological polar surface area (TPSA) is 115 Å². The second-order valence-electron chi connectivity index (χ2n) is 8.93. The summed E-state index contributed by atoms with van der Waals surface area (Å²) in [7, 11) is 2.78. The zero-order chi connectivity index (χ0) is 28.1. The smallest absolute Gasteiger partial charge is 0.350 e. The van der Waals surface area contributed by atoms with E-state index >= 15 is 0 Å². The molecular weight excluding hydrogens is 520 g/mol.